The maximum absolute atomic E-state index is 13.4. The number of benzene rings is 2. The van der Waals surface area contributed by atoms with Gasteiger partial charge in [0.2, 0.25) is 0 Å². The van der Waals surface area contributed by atoms with Gasteiger partial charge in [0.15, 0.2) is 5.82 Å². The van der Waals surface area contributed by atoms with Crippen molar-refractivity contribution in [3.63, 3.8) is 0 Å². The number of pyridine rings is 1. The highest BCUT2D eigenvalue weighted by atomic mass is 19.1. The van der Waals surface area contributed by atoms with Crippen molar-refractivity contribution in [2.75, 3.05) is 33.2 Å². The molecule has 9 heteroatoms. The Balaban J connectivity index is 1.61. The molecule has 8 nitrogen and oxygen atoms in total. The van der Waals surface area contributed by atoms with Crippen LogP contribution in [0.4, 0.5) is 4.39 Å². The third-order valence-electron chi connectivity index (χ3n) is 6.83. The predicted octanol–water partition coefficient (Wildman–Crippen LogP) is 2.66. The van der Waals surface area contributed by atoms with Crippen molar-refractivity contribution in [1.82, 2.24) is 35.0 Å². The van der Waals surface area contributed by atoms with Crippen LogP contribution in [0.15, 0.2) is 47.3 Å². The molecule has 0 radical (unpaired) electrons. The van der Waals surface area contributed by atoms with E-state index in [-0.39, 0.29) is 11.4 Å². The topological polar surface area (TPSA) is 82.9 Å². The van der Waals surface area contributed by atoms with E-state index in [1.54, 1.807) is 16.8 Å². The molecule has 1 unspecified atom stereocenters. The number of fused-ring (bicyclic) bond motifs is 1. The molecule has 2 aromatic heterocycles. The monoisotopic (exact) mass is 461 g/mol. The summed E-state index contributed by atoms with van der Waals surface area (Å²) in [5, 5.41) is 13.5. The van der Waals surface area contributed by atoms with Crippen LogP contribution in [0.5, 0.6) is 0 Å². The number of rotatable bonds is 5. The molecule has 0 aliphatic carbocycles. The van der Waals surface area contributed by atoms with E-state index in [0.717, 1.165) is 53.8 Å². The summed E-state index contributed by atoms with van der Waals surface area (Å²) in [5.74, 6) is 0.312. The van der Waals surface area contributed by atoms with E-state index >= 15 is 0 Å². The molecule has 176 valence electrons. The first-order valence-electron chi connectivity index (χ1n) is 11.5. The van der Waals surface area contributed by atoms with E-state index in [1.807, 2.05) is 26.0 Å². The fourth-order valence-corrected chi connectivity index (χ4v) is 4.61. The molecule has 2 aromatic carbocycles. The van der Waals surface area contributed by atoms with Gasteiger partial charge in [-0.25, -0.2) is 9.07 Å². The quantitative estimate of drug-likeness (QED) is 0.492. The van der Waals surface area contributed by atoms with Gasteiger partial charge in [-0.15, -0.1) is 5.10 Å². The van der Waals surface area contributed by atoms with Crippen molar-refractivity contribution in [3.05, 3.63) is 86.7 Å². The number of likely N-dealkylation sites (N-methyl/N-ethyl adjacent to an activating group) is 1. The maximum Gasteiger partial charge on any atom is 0.253 e. The van der Waals surface area contributed by atoms with Gasteiger partial charge in [-0.1, -0.05) is 24.3 Å². The van der Waals surface area contributed by atoms with Crippen LogP contribution >= 0.6 is 0 Å². The second-order valence-corrected chi connectivity index (χ2v) is 9.09. The molecule has 1 N–H and O–H groups in total. The van der Waals surface area contributed by atoms with Crippen LogP contribution in [-0.2, 0) is 6.54 Å². The number of nitrogens with zero attached hydrogens (tertiary/aromatic N) is 6. The summed E-state index contributed by atoms with van der Waals surface area (Å²) < 4.78 is 15.1. The molecule has 1 fully saturated rings. The zero-order valence-corrected chi connectivity index (χ0v) is 19.6. The molecule has 1 atom stereocenters. The molecule has 0 saturated carbocycles. The fraction of sp³-hybridized carbons (Fsp3) is 0.360. The van der Waals surface area contributed by atoms with Crippen molar-refractivity contribution in [1.29, 1.82) is 0 Å². The minimum Gasteiger partial charge on any atom is -0.321 e. The van der Waals surface area contributed by atoms with E-state index in [0.29, 0.717) is 17.9 Å². The molecule has 1 aliphatic rings. The van der Waals surface area contributed by atoms with Crippen LogP contribution in [0, 0.1) is 19.7 Å². The average Bonchev–Trinajstić information content (AvgIpc) is 3.28. The first-order chi connectivity index (χ1) is 16.4. The second-order valence-electron chi connectivity index (χ2n) is 9.09. The van der Waals surface area contributed by atoms with Gasteiger partial charge in [0.25, 0.3) is 5.56 Å². The average molecular weight is 462 g/mol. The van der Waals surface area contributed by atoms with Gasteiger partial charge in [0.1, 0.15) is 11.9 Å². The van der Waals surface area contributed by atoms with Gasteiger partial charge in [0.05, 0.1) is 12.1 Å². The summed E-state index contributed by atoms with van der Waals surface area (Å²) in [6, 6.07) is 12.0. The van der Waals surface area contributed by atoms with Crippen molar-refractivity contribution in [3.8, 4) is 0 Å². The first kappa shape index (κ1) is 22.4. The minimum absolute atomic E-state index is 0.138. The summed E-state index contributed by atoms with van der Waals surface area (Å²) in [7, 11) is 2.10. The zero-order chi connectivity index (χ0) is 23.8. The number of nitrogens with one attached hydrogen (secondary N) is 1. The third kappa shape index (κ3) is 4.24. The smallest absolute Gasteiger partial charge is 0.253 e. The first-order valence-corrected chi connectivity index (χ1v) is 11.5. The van der Waals surface area contributed by atoms with E-state index in [9.17, 15) is 9.18 Å². The number of tetrazole rings is 1. The number of aryl methyl sites for hydroxylation is 2. The summed E-state index contributed by atoms with van der Waals surface area (Å²) >= 11 is 0. The van der Waals surface area contributed by atoms with Gasteiger partial charge in [0, 0.05) is 31.7 Å². The Bertz CT molecular complexity index is 1370. The predicted molar refractivity (Wildman–Crippen MR) is 128 cm³/mol. The van der Waals surface area contributed by atoms with Gasteiger partial charge in [-0.05, 0) is 71.6 Å². The molecule has 0 bridgehead atoms. The lowest BCUT2D eigenvalue weighted by Crippen LogP contribution is -2.47. The van der Waals surface area contributed by atoms with Crippen LogP contribution in [0.2, 0.25) is 0 Å². The summed E-state index contributed by atoms with van der Waals surface area (Å²) in [6.07, 6.45) is 0. The molecule has 34 heavy (non-hydrogen) atoms. The van der Waals surface area contributed by atoms with E-state index < -0.39 is 6.04 Å². The van der Waals surface area contributed by atoms with Crippen LogP contribution in [0.25, 0.3) is 10.9 Å². The number of piperazine rings is 1. The van der Waals surface area contributed by atoms with Crippen LogP contribution in [0.1, 0.15) is 34.1 Å². The number of aromatic nitrogens is 5. The Labute approximate surface area is 197 Å². The van der Waals surface area contributed by atoms with Crippen molar-refractivity contribution >= 4 is 10.9 Å². The Kier molecular flexibility index (Phi) is 5.97. The highest BCUT2D eigenvalue weighted by Crippen LogP contribution is 2.29. The van der Waals surface area contributed by atoms with Gasteiger partial charge >= 0.3 is 0 Å². The number of halogens is 1. The third-order valence-corrected chi connectivity index (χ3v) is 6.83. The Morgan fingerprint density at radius 1 is 1.06 bits per heavy atom. The van der Waals surface area contributed by atoms with Crippen LogP contribution < -0.4 is 5.56 Å². The normalized spacial score (nSPS) is 16.2. The van der Waals surface area contributed by atoms with Crippen molar-refractivity contribution < 1.29 is 4.39 Å². The number of hydrogen-bond acceptors (Lipinski definition) is 6. The zero-order valence-electron chi connectivity index (χ0n) is 19.6. The fourth-order valence-electron chi connectivity index (χ4n) is 4.61. The summed E-state index contributed by atoms with van der Waals surface area (Å²) in [6.45, 7) is 7.80. The molecule has 5 rings (SSSR count). The highest BCUT2D eigenvalue weighted by molar-refractivity contribution is 5.83. The lowest BCUT2D eigenvalue weighted by Gasteiger charge is -2.37. The Morgan fingerprint density at radius 3 is 2.53 bits per heavy atom. The molecular formula is C25H28FN7O. The van der Waals surface area contributed by atoms with E-state index in [2.05, 4.69) is 43.4 Å². The standard InChI is InChI=1S/C25H28FN7O/c1-16-4-7-19-14-21(25(34)27-22(19)17(16)2)23(32-12-10-31(3)11-13-32)24-28-29-30-33(24)15-18-5-8-20(26)9-6-18/h4-9,14,23H,10-13,15H2,1-3H3,(H,27,34). The molecule has 3 heterocycles. The number of H-pyrrole nitrogens is 1. The van der Waals surface area contributed by atoms with E-state index in [4.69, 9.17) is 0 Å². The van der Waals surface area contributed by atoms with Crippen molar-refractivity contribution in [2.24, 2.45) is 0 Å². The summed E-state index contributed by atoms with van der Waals surface area (Å²) in [4.78, 5) is 21.1. The largest absolute Gasteiger partial charge is 0.321 e. The second kappa shape index (κ2) is 9.08. The lowest BCUT2D eigenvalue weighted by molar-refractivity contribution is 0.121. The minimum atomic E-state index is -0.404. The van der Waals surface area contributed by atoms with Crippen LogP contribution in [-0.4, -0.2) is 68.2 Å². The lowest BCUT2D eigenvalue weighted by atomic mass is 9.99. The molecule has 4 aromatic rings. The molecular weight excluding hydrogens is 433 g/mol. The summed E-state index contributed by atoms with van der Waals surface area (Å²) in [5.41, 5.74) is 4.42. The van der Waals surface area contributed by atoms with Gasteiger partial charge in [-0.2, -0.15) is 0 Å². The van der Waals surface area contributed by atoms with Gasteiger partial charge < -0.3 is 9.88 Å². The maximum atomic E-state index is 13.4. The SMILES string of the molecule is Cc1ccc2cc(C(c3nnnn3Cc3ccc(F)cc3)N3CCN(C)CC3)c(=O)[nH]c2c1C. The number of aromatic amines is 1. The van der Waals surface area contributed by atoms with Crippen molar-refractivity contribution in [2.45, 2.75) is 26.4 Å². The van der Waals surface area contributed by atoms with Gasteiger partial charge in [-0.3, -0.25) is 9.69 Å². The number of hydrogen-bond donors (Lipinski definition) is 1. The molecule has 1 aliphatic heterocycles. The molecule has 1 saturated heterocycles. The Morgan fingerprint density at radius 2 is 1.79 bits per heavy atom. The Hall–Kier alpha value is -3.43. The molecule has 0 amide bonds. The highest BCUT2D eigenvalue weighted by Gasteiger charge is 2.32. The van der Waals surface area contributed by atoms with E-state index in [1.165, 1.54) is 12.1 Å². The molecule has 0 spiro atoms. The van der Waals surface area contributed by atoms with Crippen LogP contribution in [0.3, 0.4) is 0 Å².